The number of benzene rings is 2. The standard InChI is InChI=1S/C18H14Cl2FNO3/c1-11(18(24)22-16-9-13(19)8-14(20)10-16)25-17(23)6-5-12-3-2-4-15(21)7-12/h2-11H,1H3,(H,22,24)/b6-5+/t11-/m1/s1. The number of nitrogens with one attached hydrogen (secondary N) is 1. The van der Waals surface area contributed by atoms with Crippen LogP contribution in [0.2, 0.25) is 10.0 Å². The molecule has 0 aliphatic heterocycles. The van der Waals surface area contributed by atoms with Gasteiger partial charge in [-0.1, -0.05) is 35.3 Å². The van der Waals surface area contributed by atoms with Crippen molar-refractivity contribution < 1.29 is 18.7 Å². The van der Waals surface area contributed by atoms with Crippen LogP contribution in [0.3, 0.4) is 0 Å². The molecule has 0 aliphatic rings. The van der Waals surface area contributed by atoms with Crippen LogP contribution in [0, 0.1) is 5.82 Å². The van der Waals surface area contributed by atoms with Gasteiger partial charge in [-0.25, -0.2) is 9.18 Å². The van der Waals surface area contributed by atoms with E-state index in [1.165, 1.54) is 49.4 Å². The van der Waals surface area contributed by atoms with Gasteiger partial charge in [-0.05, 0) is 48.9 Å². The zero-order valence-electron chi connectivity index (χ0n) is 13.1. The van der Waals surface area contributed by atoms with E-state index in [-0.39, 0.29) is 0 Å². The highest BCUT2D eigenvalue weighted by Crippen LogP contribution is 2.22. The molecule has 1 amide bonds. The van der Waals surface area contributed by atoms with Crippen molar-refractivity contribution in [1.82, 2.24) is 0 Å². The van der Waals surface area contributed by atoms with Crippen molar-refractivity contribution in [2.24, 2.45) is 0 Å². The van der Waals surface area contributed by atoms with Gasteiger partial charge in [0, 0.05) is 21.8 Å². The second kappa shape index (κ2) is 8.65. The molecule has 0 fully saturated rings. The van der Waals surface area contributed by atoms with Crippen molar-refractivity contribution in [1.29, 1.82) is 0 Å². The average molecular weight is 382 g/mol. The number of hydrogen-bond donors (Lipinski definition) is 1. The third-order valence-corrected chi connectivity index (χ3v) is 3.49. The first-order valence-corrected chi connectivity index (χ1v) is 8.00. The summed E-state index contributed by atoms with van der Waals surface area (Å²) in [5.74, 6) is -1.68. The lowest BCUT2D eigenvalue weighted by Gasteiger charge is -2.12. The average Bonchev–Trinajstić information content (AvgIpc) is 2.52. The molecule has 2 aromatic carbocycles. The van der Waals surface area contributed by atoms with E-state index in [4.69, 9.17) is 27.9 Å². The predicted octanol–water partition coefficient (Wildman–Crippen LogP) is 4.72. The number of carbonyl (C=O) groups excluding carboxylic acids is 2. The summed E-state index contributed by atoms with van der Waals surface area (Å²) in [5, 5.41) is 3.28. The Kier molecular flexibility index (Phi) is 6.56. The third-order valence-electron chi connectivity index (χ3n) is 3.05. The zero-order valence-corrected chi connectivity index (χ0v) is 14.6. The number of amides is 1. The summed E-state index contributed by atoms with van der Waals surface area (Å²) in [6.07, 6.45) is 1.48. The summed E-state index contributed by atoms with van der Waals surface area (Å²) in [5.41, 5.74) is 0.892. The lowest BCUT2D eigenvalue weighted by atomic mass is 10.2. The van der Waals surface area contributed by atoms with Crippen LogP contribution in [0.1, 0.15) is 12.5 Å². The Morgan fingerprint density at radius 1 is 1.16 bits per heavy atom. The van der Waals surface area contributed by atoms with Gasteiger partial charge >= 0.3 is 5.97 Å². The van der Waals surface area contributed by atoms with Crippen LogP contribution in [-0.2, 0) is 14.3 Å². The summed E-state index contributed by atoms with van der Waals surface area (Å²) in [6, 6.07) is 10.3. The van der Waals surface area contributed by atoms with Gasteiger partial charge in [-0.15, -0.1) is 0 Å². The Hall–Kier alpha value is -2.37. The van der Waals surface area contributed by atoms with Crippen molar-refractivity contribution in [2.45, 2.75) is 13.0 Å². The Labute approximate surface area is 154 Å². The molecule has 130 valence electrons. The van der Waals surface area contributed by atoms with Gasteiger partial charge in [0.05, 0.1) is 0 Å². The molecule has 0 radical (unpaired) electrons. The number of halogens is 3. The maximum absolute atomic E-state index is 13.0. The summed E-state index contributed by atoms with van der Waals surface area (Å²) in [6.45, 7) is 1.43. The number of carbonyl (C=O) groups is 2. The fourth-order valence-electron chi connectivity index (χ4n) is 1.91. The monoisotopic (exact) mass is 381 g/mol. The van der Waals surface area contributed by atoms with Crippen LogP contribution < -0.4 is 5.32 Å². The summed E-state index contributed by atoms with van der Waals surface area (Å²) in [7, 11) is 0. The van der Waals surface area contributed by atoms with E-state index >= 15 is 0 Å². The quantitative estimate of drug-likeness (QED) is 0.602. The molecule has 0 saturated heterocycles. The number of anilines is 1. The van der Waals surface area contributed by atoms with Crippen LogP contribution in [-0.4, -0.2) is 18.0 Å². The summed E-state index contributed by atoms with van der Waals surface area (Å²) < 4.78 is 18.0. The Bertz CT molecular complexity index is 803. The van der Waals surface area contributed by atoms with Crippen molar-refractivity contribution in [3.8, 4) is 0 Å². The predicted molar refractivity (Wildman–Crippen MR) is 96.1 cm³/mol. The normalized spacial score (nSPS) is 12.0. The van der Waals surface area contributed by atoms with Gasteiger partial charge < -0.3 is 10.1 Å². The van der Waals surface area contributed by atoms with Crippen LogP contribution in [0.15, 0.2) is 48.5 Å². The van der Waals surface area contributed by atoms with Crippen LogP contribution >= 0.6 is 23.2 Å². The first-order valence-electron chi connectivity index (χ1n) is 7.25. The molecule has 0 saturated carbocycles. The minimum Gasteiger partial charge on any atom is -0.449 e. The van der Waals surface area contributed by atoms with E-state index in [0.29, 0.717) is 21.3 Å². The van der Waals surface area contributed by atoms with Crippen LogP contribution in [0.5, 0.6) is 0 Å². The second-order valence-corrected chi connectivity index (χ2v) is 5.99. The van der Waals surface area contributed by atoms with Gasteiger partial charge in [0.2, 0.25) is 0 Å². The molecule has 4 nitrogen and oxygen atoms in total. The molecular formula is C18H14Cl2FNO3. The fourth-order valence-corrected chi connectivity index (χ4v) is 2.44. The Morgan fingerprint density at radius 3 is 2.48 bits per heavy atom. The molecule has 0 aliphatic carbocycles. The smallest absolute Gasteiger partial charge is 0.331 e. The van der Waals surface area contributed by atoms with E-state index in [0.717, 1.165) is 6.08 Å². The van der Waals surface area contributed by atoms with E-state index < -0.39 is 23.8 Å². The summed E-state index contributed by atoms with van der Waals surface area (Å²) >= 11 is 11.7. The van der Waals surface area contributed by atoms with E-state index in [9.17, 15) is 14.0 Å². The molecule has 0 bridgehead atoms. The van der Waals surface area contributed by atoms with Gasteiger partial charge in [0.15, 0.2) is 6.10 Å². The highest BCUT2D eigenvalue weighted by atomic mass is 35.5. The minimum absolute atomic E-state index is 0.366. The van der Waals surface area contributed by atoms with E-state index in [1.54, 1.807) is 6.07 Å². The van der Waals surface area contributed by atoms with Crippen LogP contribution in [0.4, 0.5) is 10.1 Å². The van der Waals surface area contributed by atoms with Gasteiger partial charge in [-0.2, -0.15) is 0 Å². The van der Waals surface area contributed by atoms with Crippen molar-refractivity contribution in [3.63, 3.8) is 0 Å². The van der Waals surface area contributed by atoms with Crippen molar-refractivity contribution in [2.75, 3.05) is 5.32 Å². The Balaban J connectivity index is 1.92. The van der Waals surface area contributed by atoms with E-state index in [1.807, 2.05) is 0 Å². The largest absolute Gasteiger partial charge is 0.449 e. The van der Waals surface area contributed by atoms with E-state index in [2.05, 4.69) is 5.32 Å². The Morgan fingerprint density at radius 2 is 1.84 bits per heavy atom. The third kappa shape index (κ3) is 6.21. The molecule has 0 spiro atoms. The topological polar surface area (TPSA) is 55.4 Å². The van der Waals surface area contributed by atoms with Gasteiger partial charge in [-0.3, -0.25) is 4.79 Å². The lowest BCUT2D eigenvalue weighted by Crippen LogP contribution is -2.29. The number of hydrogen-bond acceptors (Lipinski definition) is 3. The van der Waals surface area contributed by atoms with Gasteiger partial charge in [0.1, 0.15) is 5.82 Å². The number of esters is 1. The second-order valence-electron chi connectivity index (χ2n) is 5.11. The highest BCUT2D eigenvalue weighted by molar-refractivity contribution is 6.35. The molecule has 0 unspecified atom stereocenters. The first kappa shape index (κ1) is 19.0. The number of ether oxygens (including phenoxy) is 1. The minimum atomic E-state index is -1.04. The zero-order chi connectivity index (χ0) is 18.4. The maximum atomic E-state index is 13.0. The lowest BCUT2D eigenvalue weighted by molar-refractivity contribution is -0.148. The maximum Gasteiger partial charge on any atom is 0.331 e. The molecule has 1 atom stereocenters. The molecular weight excluding hydrogens is 368 g/mol. The van der Waals surface area contributed by atoms with Crippen molar-refractivity contribution >= 4 is 46.8 Å². The molecule has 2 aromatic rings. The van der Waals surface area contributed by atoms with Crippen molar-refractivity contribution in [3.05, 3.63) is 70.0 Å². The SMILES string of the molecule is C[C@@H](OC(=O)/C=C/c1cccc(F)c1)C(=O)Nc1cc(Cl)cc(Cl)c1. The first-order chi connectivity index (χ1) is 11.8. The molecule has 2 rings (SSSR count). The highest BCUT2D eigenvalue weighted by Gasteiger charge is 2.17. The van der Waals surface area contributed by atoms with Crippen LogP contribution in [0.25, 0.3) is 6.08 Å². The van der Waals surface area contributed by atoms with Gasteiger partial charge in [0.25, 0.3) is 5.91 Å². The summed E-state index contributed by atoms with van der Waals surface area (Å²) in [4.78, 5) is 23.8. The molecule has 0 heterocycles. The molecule has 0 aromatic heterocycles. The molecule has 1 N–H and O–H groups in total. The molecule has 7 heteroatoms. The fraction of sp³-hybridized carbons (Fsp3) is 0.111. The molecule has 25 heavy (non-hydrogen) atoms. The number of rotatable bonds is 5.